The Kier molecular flexibility index (Phi) is 5.39. The van der Waals surface area contributed by atoms with Crippen molar-refractivity contribution in [3.8, 4) is 0 Å². The first-order chi connectivity index (χ1) is 8.08. The molecule has 0 spiro atoms. The van der Waals surface area contributed by atoms with Gasteiger partial charge in [0.15, 0.2) is 0 Å². The molecule has 3 heteroatoms. The molecular formula is C14H25N3. The molecule has 1 rings (SSSR count). The van der Waals surface area contributed by atoms with Crippen LogP contribution in [0.4, 0.5) is 5.82 Å². The zero-order chi connectivity index (χ0) is 12.8. The molecule has 1 unspecified atom stereocenters. The quantitative estimate of drug-likeness (QED) is 0.811. The number of hydrogen-bond acceptors (Lipinski definition) is 3. The van der Waals surface area contributed by atoms with Crippen LogP contribution in [0.15, 0.2) is 6.07 Å². The average molecular weight is 235 g/mol. The summed E-state index contributed by atoms with van der Waals surface area (Å²) >= 11 is 0. The molecule has 96 valence electrons. The molecule has 1 aromatic rings. The Bertz CT molecular complexity index is 347. The molecule has 0 aliphatic carbocycles. The fourth-order valence-corrected chi connectivity index (χ4v) is 1.53. The minimum absolute atomic E-state index is 0.427. The number of aromatic nitrogens is 2. The van der Waals surface area contributed by atoms with Crippen LogP contribution in [0.25, 0.3) is 0 Å². The molecule has 3 nitrogen and oxygen atoms in total. The largest absolute Gasteiger partial charge is 0.370 e. The lowest BCUT2D eigenvalue weighted by molar-refractivity contribution is 0.662. The van der Waals surface area contributed by atoms with Crippen LogP contribution >= 0.6 is 0 Å². The molecule has 0 saturated carbocycles. The van der Waals surface area contributed by atoms with E-state index in [9.17, 15) is 0 Å². The summed E-state index contributed by atoms with van der Waals surface area (Å²) in [7, 11) is 0. The second-order valence-electron chi connectivity index (χ2n) is 4.93. The summed E-state index contributed by atoms with van der Waals surface area (Å²) in [6, 6.07) is 2.08. The molecule has 0 fully saturated rings. The summed E-state index contributed by atoms with van der Waals surface area (Å²) < 4.78 is 0. The predicted octanol–water partition coefficient (Wildman–Crippen LogP) is 3.94. The molecule has 0 amide bonds. The normalized spacial score (nSPS) is 12.8. The predicted molar refractivity (Wildman–Crippen MR) is 73.6 cm³/mol. The monoisotopic (exact) mass is 235 g/mol. The SMILES string of the molecule is CCCNc1cc(C(C)C)nc(C(C)CC)n1. The molecule has 1 heterocycles. The zero-order valence-electron chi connectivity index (χ0n) is 11.7. The lowest BCUT2D eigenvalue weighted by Gasteiger charge is -2.14. The van der Waals surface area contributed by atoms with Crippen molar-refractivity contribution >= 4 is 5.82 Å². The van der Waals surface area contributed by atoms with E-state index in [4.69, 9.17) is 0 Å². The number of hydrogen-bond donors (Lipinski definition) is 1. The summed E-state index contributed by atoms with van der Waals surface area (Å²) in [6.45, 7) is 11.8. The second-order valence-corrected chi connectivity index (χ2v) is 4.93. The Hall–Kier alpha value is -1.12. The van der Waals surface area contributed by atoms with Crippen LogP contribution in [0.3, 0.4) is 0 Å². The molecule has 0 bridgehead atoms. The maximum Gasteiger partial charge on any atom is 0.133 e. The Labute approximate surface area is 105 Å². The van der Waals surface area contributed by atoms with E-state index in [0.717, 1.165) is 36.7 Å². The van der Waals surface area contributed by atoms with Crippen LogP contribution < -0.4 is 5.32 Å². The van der Waals surface area contributed by atoms with Crippen molar-refractivity contribution < 1.29 is 0 Å². The number of nitrogens with zero attached hydrogens (tertiary/aromatic N) is 2. The van der Waals surface area contributed by atoms with Crippen molar-refractivity contribution in [1.29, 1.82) is 0 Å². The van der Waals surface area contributed by atoms with E-state index in [2.05, 4.69) is 56.0 Å². The Balaban J connectivity index is 3.00. The second kappa shape index (κ2) is 6.58. The van der Waals surface area contributed by atoms with E-state index in [1.807, 2.05) is 0 Å². The van der Waals surface area contributed by atoms with Gasteiger partial charge in [-0.1, -0.05) is 34.6 Å². The van der Waals surface area contributed by atoms with Crippen LogP contribution in [0.2, 0.25) is 0 Å². The smallest absolute Gasteiger partial charge is 0.133 e. The highest BCUT2D eigenvalue weighted by Gasteiger charge is 2.11. The van der Waals surface area contributed by atoms with Crippen molar-refractivity contribution in [3.05, 3.63) is 17.6 Å². The third kappa shape index (κ3) is 3.99. The average Bonchev–Trinajstić information content (AvgIpc) is 2.34. The molecule has 0 radical (unpaired) electrons. The molecule has 17 heavy (non-hydrogen) atoms. The summed E-state index contributed by atoms with van der Waals surface area (Å²) in [6.07, 6.45) is 2.19. The van der Waals surface area contributed by atoms with Crippen molar-refractivity contribution in [2.75, 3.05) is 11.9 Å². The standard InChI is InChI=1S/C14H25N3/c1-6-8-15-13-9-12(10(3)4)16-14(17-13)11(5)7-2/h9-11H,6-8H2,1-5H3,(H,15,16,17). The van der Waals surface area contributed by atoms with Gasteiger partial charge in [-0.15, -0.1) is 0 Å². The van der Waals surface area contributed by atoms with Crippen LogP contribution in [-0.4, -0.2) is 16.5 Å². The molecule has 1 aromatic heterocycles. The lowest BCUT2D eigenvalue weighted by atomic mass is 10.1. The molecule has 0 aliphatic heterocycles. The maximum absolute atomic E-state index is 4.66. The highest BCUT2D eigenvalue weighted by molar-refractivity contribution is 5.37. The zero-order valence-corrected chi connectivity index (χ0v) is 11.7. The third-order valence-electron chi connectivity index (χ3n) is 2.96. The van der Waals surface area contributed by atoms with Crippen LogP contribution in [-0.2, 0) is 0 Å². The summed E-state index contributed by atoms with van der Waals surface area (Å²) in [5.74, 6) is 2.82. The van der Waals surface area contributed by atoms with Gasteiger partial charge in [0.1, 0.15) is 11.6 Å². The van der Waals surface area contributed by atoms with Gasteiger partial charge in [-0.2, -0.15) is 0 Å². The third-order valence-corrected chi connectivity index (χ3v) is 2.96. The van der Waals surface area contributed by atoms with E-state index >= 15 is 0 Å². The van der Waals surface area contributed by atoms with E-state index in [1.54, 1.807) is 0 Å². The van der Waals surface area contributed by atoms with E-state index in [-0.39, 0.29) is 0 Å². The highest BCUT2D eigenvalue weighted by Crippen LogP contribution is 2.21. The van der Waals surface area contributed by atoms with Crippen LogP contribution in [0, 0.1) is 0 Å². The van der Waals surface area contributed by atoms with Crippen molar-refractivity contribution in [1.82, 2.24) is 9.97 Å². The first-order valence-corrected chi connectivity index (χ1v) is 6.71. The molecule has 0 saturated heterocycles. The summed E-state index contributed by atoms with van der Waals surface area (Å²) in [5.41, 5.74) is 1.13. The number of nitrogens with one attached hydrogen (secondary N) is 1. The van der Waals surface area contributed by atoms with Crippen molar-refractivity contribution in [3.63, 3.8) is 0 Å². The van der Waals surface area contributed by atoms with Gasteiger partial charge < -0.3 is 5.32 Å². The topological polar surface area (TPSA) is 37.8 Å². The van der Waals surface area contributed by atoms with Gasteiger partial charge in [0.2, 0.25) is 0 Å². The van der Waals surface area contributed by atoms with Gasteiger partial charge in [-0.25, -0.2) is 9.97 Å². The van der Waals surface area contributed by atoms with Gasteiger partial charge in [-0.05, 0) is 18.8 Å². The lowest BCUT2D eigenvalue weighted by Crippen LogP contribution is -2.09. The first-order valence-electron chi connectivity index (χ1n) is 6.71. The minimum Gasteiger partial charge on any atom is -0.370 e. The molecule has 1 atom stereocenters. The number of rotatable bonds is 6. The molecule has 0 aliphatic rings. The van der Waals surface area contributed by atoms with E-state index < -0.39 is 0 Å². The van der Waals surface area contributed by atoms with Gasteiger partial charge in [0.05, 0.1) is 0 Å². The fraction of sp³-hybridized carbons (Fsp3) is 0.714. The van der Waals surface area contributed by atoms with Gasteiger partial charge in [-0.3, -0.25) is 0 Å². The molecule has 0 aromatic carbocycles. The summed E-state index contributed by atoms with van der Waals surface area (Å²) in [5, 5.41) is 3.36. The van der Waals surface area contributed by atoms with E-state index in [0.29, 0.717) is 11.8 Å². The van der Waals surface area contributed by atoms with Crippen molar-refractivity contribution in [2.45, 2.75) is 59.3 Å². The highest BCUT2D eigenvalue weighted by atomic mass is 15.0. The molecule has 1 N–H and O–H groups in total. The van der Waals surface area contributed by atoms with Crippen molar-refractivity contribution in [2.24, 2.45) is 0 Å². The first kappa shape index (κ1) is 13.9. The van der Waals surface area contributed by atoms with Crippen LogP contribution in [0.5, 0.6) is 0 Å². The van der Waals surface area contributed by atoms with Gasteiger partial charge >= 0.3 is 0 Å². The minimum atomic E-state index is 0.427. The van der Waals surface area contributed by atoms with Gasteiger partial charge in [0, 0.05) is 24.2 Å². The van der Waals surface area contributed by atoms with E-state index in [1.165, 1.54) is 0 Å². The fourth-order valence-electron chi connectivity index (χ4n) is 1.53. The summed E-state index contributed by atoms with van der Waals surface area (Å²) in [4.78, 5) is 9.26. The Morgan fingerprint density at radius 1 is 1.18 bits per heavy atom. The molecular weight excluding hydrogens is 210 g/mol. The maximum atomic E-state index is 4.66. The Morgan fingerprint density at radius 3 is 2.41 bits per heavy atom. The van der Waals surface area contributed by atoms with Crippen LogP contribution in [0.1, 0.15) is 70.8 Å². The Morgan fingerprint density at radius 2 is 1.88 bits per heavy atom. The van der Waals surface area contributed by atoms with Gasteiger partial charge in [0.25, 0.3) is 0 Å². The number of anilines is 1.